The van der Waals surface area contributed by atoms with Crippen molar-refractivity contribution in [3.05, 3.63) is 60.6 Å². The maximum absolute atomic E-state index is 5.47. The summed E-state index contributed by atoms with van der Waals surface area (Å²) in [4.78, 5) is 4.48. The Morgan fingerprint density at radius 2 is 1.84 bits per heavy atom. The molecule has 2 N–H and O–H groups in total. The molecule has 2 aliphatic heterocycles. The van der Waals surface area contributed by atoms with Crippen molar-refractivity contribution in [1.82, 2.24) is 15.2 Å². The lowest BCUT2D eigenvalue weighted by Gasteiger charge is -2.01. The quantitative estimate of drug-likeness (QED) is 0.757. The van der Waals surface area contributed by atoms with Crippen molar-refractivity contribution in [2.45, 2.75) is 0 Å². The van der Waals surface area contributed by atoms with Gasteiger partial charge in [-0.2, -0.15) is 5.10 Å². The highest BCUT2D eigenvalue weighted by molar-refractivity contribution is 5.82. The largest absolute Gasteiger partial charge is 0.405 e. The van der Waals surface area contributed by atoms with Gasteiger partial charge in [-0.15, -0.1) is 5.10 Å². The Kier molecular flexibility index (Phi) is 2.90. The molecule has 0 amide bonds. The lowest BCUT2D eigenvalue weighted by atomic mass is 10.0. The molecular formula is C15H12N4. The van der Waals surface area contributed by atoms with Crippen LogP contribution in [0.2, 0.25) is 0 Å². The molecule has 92 valence electrons. The summed E-state index contributed by atoms with van der Waals surface area (Å²) in [6.45, 7) is 0. The summed E-state index contributed by atoms with van der Waals surface area (Å²) in [6.07, 6.45) is 6.82. The first kappa shape index (κ1) is 11.3. The second-order valence-electron chi connectivity index (χ2n) is 4.08. The average Bonchev–Trinajstić information content (AvgIpc) is 2.86. The summed E-state index contributed by atoms with van der Waals surface area (Å²) in [5.41, 5.74) is 9.99. The van der Waals surface area contributed by atoms with Crippen LogP contribution in [0.15, 0.2) is 55.0 Å². The fraction of sp³-hybridized carbons (Fsp3) is 0. The Hall–Kier alpha value is -2.75. The molecular weight excluding hydrogens is 236 g/mol. The highest BCUT2D eigenvalue weighted by Crippen LogP contribution is 2.31. The maximum atomic E-state index is 5.47. The van der Waals surface area contributed by atoms with Gasteiger partial charge in [0.25, 0.3) is 0 Å². The topological polar surface area (TPSA) is 64.7 Å². The van der Waals surface area contributed by atoms with Gasteiger partial charge in [-0.3, -0.25) is 4.98 Å². The van der Waals surface area contributed by atoms with Gasteiger partial charge in [-0.25, -0.2) is 0 Å². The van der Waals surface area contributed by atoms with E-state index in [1.165, 1.54) is 6.20 Å². The maximum Gasteiger partial charge on any atom is 0.121 e. The number of aromatic nitrogens is 3. The Bertz CT molecular complexity index is 692. The standard InChI is InChI=1S/C15H12N4/c16-8-6-11-7-9-17-14(12-4-2-1-3-5-12)15-13(11)10-18-19-15/h1-10H,16H2/b8-6+. The van der Waals surface area contributed by atoms with E-state index in [4.69, 9.17) is 5.73 Å². The molecule has 4 heteroatoms. The summed E-state index contributed by atoms with van der Waals surface area (Å²) in [5.74, 6) is 0. The smallest absolute Gasteiger partial charge is 0.121 e. The van der Waals surface area contributed by atoms with Gasteiger partial charge in [-0.1, -0.05) is 30.3 Å². The van der Waals surface area contributed by atoms with Gasteiger partial charge in [0.05, 0.1) is 11.9 Å². The Labute approximate surface area is 111 Å². The van der Waals surface area contributed by atoms with E-state index < -0.39 is 0 Å². The first-order valence-corrected chi connectivity index (χ1v) is 5.94. The van der Waals surface area contributed by atoms with E-state index in [0.717, 1.165) is 28.1 Å². The molecule has 0 spiro atoms. The van der Waals surface area contributed by atoms with Crippen LogP contribution in [0.1, 0.15) is 5.56 Å². The lowest BCUT2D eigenvalue weighted by Crippen LogP contribution is -1.86. The molecule has 2 aliphatic rings. The highest BCUT2D eigenvalue weighted by Gasteiger charge is 2.15. The summed E-state index contributed by atoms with van der Waals surface area (Å²) in [7, 11) is 0. The summed E-state index contributed by atoms with van der Waals surface area (Å²) in [6, 6.07) is 11.9. The zero-order valence-electron chi connectivity index (χ0n) is 10.2. The average molecular weight is 248 g/mol. The molecule has 0 unspecified atom stereocenters. The number of benzene rings is 1. The van der Waals surface area contributed by atoms with Crippen LogP contribution in [0.4, 0.5) is 0 Å². The van der Waals surface area contributed by atoms with Crippen LogP contribution >= 0.6 is 0 Å². The molecule has 0 radical (unpaired) electrons. The van der Waals surface area contributed by atoms with Crippen LogP contribution in [-0.4, -0.2) is 15.2 Å². The van der Waals surface area contributed by atoms with E-state index in [2.05, 4.69) is 15.2 Å². The second kappa shape index (κ2) is 4.86. The van der Waals surface area contributed by atoms with Crippen molar-refractivity contribution in [2.75, 3.05) is 0 Å². The van der Waals surface area contributed by atoms with Crippen molar-refractivity contribution in [2.24, 2.45) is 5.73 Å². The first-order valence-electron chi connectivity index (χ1n) is 5.94. The summed E-state index contributed by atoms with van der Waals surface area (Å²) < 4.78 is 0. The summed E-state index contributed by atoms with van der Waals surface area (Å²) >= 11 is 0. The lowest BCUT2D eigenvalue weighted by molar-refractivity contribution is 1.10. The van der Waals surface area contributed by atoms with E-state index in [1.807, 2.05) is 42.5 Å². The monoisotopic (exact) mass is 248 g/mol. The van der Waals surface area contributed by atoms with E-state index in [1.54, 1.807) is 12.4 Å². The molecule has 0 aliphatic carbocycles. The number of nitrogens with two attached hydrogens (primary N) is 1. The molecule has 1 aromatic carbocycles. The van der Waals surface area contributed by atoms with Gasteiger partial charge in [0.2, 0.25) is 0 Å². The fourth-order valence-corrected chi connectivity index (χ4v) is 2.04. The highest BCUT2D eigenvalue weighted by atomic mass is 15.1. The SMILES string of the molecule is N/C=C/c1ccnc(-c2ccccc2)c2nncc1-2. The van der Waals surface area contributed by atoms with E-state index in [9.17, 15) is 0 Å². The van der Waals surface area contributed by atoms with Crippen LogP contribution in [0.25, 0.3) is 28.6 Å². The van der Waals surface area contributed by atoms with E-state index in [0.29, 0.717) is 0 Å². The van der Waals surface area contributed by atoms with Crippen molar-refractivity contribution in [1.29, 1.82) is 0 Å². The Morgan fingerprint density at radius 1 is 1.00 bits per heavy atom. The number of fused-ring (bicyclic) bond motifs is 1. The number of nitrogens with zero attached hydrogens (tertiary/aromatic N) is 3. The van der Waals surface area contributed by atoms with Crippen molar-refractivity contribution < 1.29 is 0 Å². The minimum absolute atomic E-state index is 0.782. The molecule has 0 fully saturated rings. The van der Waals surface area contributed by atoms with Gasteiger partial charge >= 0.3 is 0 Å². The molecule has 0 bridgehead atoms. The minimum Gasteiger partial charge on any atom is -0.405 e. The molecule has 0 saturated heterocycles. The van der Waals surface area contributed by atoms with Gasteiger partial charge in [0, 0.05) is 17.3 Å². The number of hydrogen-bond acceptors (Lipinski definition) is 4. The van der Waals surface area contributed by atoms with Crippen LogP contribution in [0.5, 0.6) is 0 Å². The summed E-state index contributed by atoms with van der Waals surface area (Å²) in [5, 5.41) is 8.18. The van der Waals surface area contributed by atoms with Crippen molar-refractivity contribution >= 4 is 6.08 Å². The van der Waals surface area contributed by atoms with Crippen molar-refractivity contribution in [3.8, 4) is 22.5 Å². The van der Waals surface area contributed by atoms with E-state index in [-0.39, 0.29) is 0 Å². The van der Waals surface area contributed by atoms with E-state index >= 15 is 0 Å². The predicted octanol–water partition coefficient (Wildman–Crippen LogP) is 2.57. The zero-order chi connectivity index (χ0) is 13.1. The predicted molar refractivity (Wildman–Crippen MR) is 75.1 cm³/mol. The molecule has 0 atom stereocenters. The third kappa shape index (κ3) is 2.04. The Morgan fingerprint density at radius 3 is 2.63 bits per heavy atom. The zero-order valence-corrected chi connectivity index (χ0v) is 10.2. The van der Waals surface area contributed by atoms with Gasteiger partial charge < -0.3 is 5.73 Å². The van der Waals surface area contributed by atoms with Crippen molar-refractivity contribution in [3.63, 3.8) is 0 Å². The van der Waals surface area contributed by atoms with Crippen LogP contribution in [0.3, 0.4) is 0 Å². The van der Waals surface area contributed by atoms with Gasteiger partial charge in [0.15, 0.2) is 0 Å². The number of hydrogen-bond donors (Lipinski definition) is 1. The molecule has 0 aromatic heterocycles. The van der Waals surface area contributed by atoms with Crippen LogP contribution in [-0.2, 0) is 0 Å². The molecule has 19 heavy (non-hydrogen) atoms. The van der Waals surface area contributed by atoms with Gasteiger partial charge in [0.1, 0.15) is 5.69 Å². The fourth-order valence-electron chi connectivity index (χ4n) is 2.04. The normalized spacial score (nSPS) is 11.2. The van der Waals surface area contributed by atoms with Crippen LogP contribution in [0, 0.1) is 0 Å². The van der Waals surface area contributed by atoms with Crippen LogP contribution < -0.4 is 5.73 Å². The third-order valence-electron chi connectivity index (χ3n) is 2.92. The molecule has 1 aromatic rings. The molecule has 3 rings (SSSR count). The molecule has 4 nitrogen and oxygen atoms in total. The second-order valence-corrected chi connectivity index (χ2v) is 4.08. The Balaban J connectivity index is 2.24. The third-order valence-corrected chi connectivity index (χ3v) is 2.92. The molecule has 2 heterocycles. The number of rotatable bonds is 2. The molecule has 0 saturated carbocycles. The minimum atomic E-state index is 0.782. The van der Waals surface area contributed by atoms with Gasteiger partial charge in [-0.05, 0) is 23.9 Å². The first-order chi connectivity index (χ1) is 9.40.